The van der Waals surface area contributed by atoms with Crippen LogP contribution in [0, 0.1) is 11.8 Å². The first-order valence-electron chi connectivity index (χ1n) is 7.17. The predicted molar refractivity (Wildman–Crippen MR) is 95.9 cm³/mol. The van der Waals surface area contributed by atoms with Gasteiger partial charge in [-0.05, 0) is 23.3 Å². The summed E-state index contributed by atoms with van der Waals surface area (Å²) in [6.45, 7) is 0. The maximum Gasteiger partial charge on any atom is 0.136 e. The predicted octanol–water partition coefficient (Wildman–Crippen LogP) is 5.38. The van der Waals surface area contributed by atoms with Crippen LogP contribution in [0.5, 0.6) is 0 Å². The van der Waals surface area contributed by atoms with Crippen LogP contribution in [0.1, 0.15) is 16.7 Å². The summed E-state index contributed by atoms with van der Waals surface area (Å²) in [5, 5.41) is 0. The quantitative estimate of drug-likeness (QED) is 0.431. The molecule has 3 aromatic carbocycles. The number of hydrogen-bond donors (Lipinski definition) is 0. The van der Waals surface area contributed by atoms with E-state index in [-0.39, 0.29) is 0 Å². The number of rotatable bonds is 2. The molecule has 0 aliphatic heterocycles. The van der Waals surface area contributed by atoms with Gasteiger partial charge in [0.2, 0.25) is 0 Å². The maximum atomic E-state index is 3.89. The normalized spacial score (nSPS) is 10.6. The van der Waals surface area contributed by atoms with Crippen LogP contribution in [0.25, 0.3) is 0 Å². The average Bonchev–Trinajstić information content (AvgIpc) is 2.62. The first kappa shape index (κ1) is 14.6. The summed E-state index contributed by atoms with van der Waals surface area (Å²) in [6, 6.07) is 30.7. The highest BCUT2D eigenvalue weighted by molar-refractivity contribution is 9.10. The average molecular weight is 347 g/mol. The molecule has 0 spiro atoms. The molecule has 0 amide bonds. The van der Waals surface area contributed by atoms with Gasteiger partial charge in [-0.1, -0.05) is 107 Å². The first-order valence-corrected chi connectivity index (χ1v) is 7.96. The van der Waals surface area contributed by atoms with Crippen molar-refractivity contribution in [3.05, 3.63) is 108 Å². The van der Waals surface area contributed by atoms with Crippen molar-refractivity contribution in [1.29, 1.82) is 0 Å². The SMILES string of the molecule is BrC(C#Cc1ccccc1)(c1ccccc1)c1ccccc1. The van der Waals surface area contributed by atoms with Crippen LogP contribution < -0.4 is 0 Å². The molecule has 1 heteroatoms. The smallest absolute Gasteiger partial charge is 0.0696 e. The summed E-state index contributed by atoms with van der Waals surface area (Å²) in [6.07, 6.45) is 0. The van der Waals surface area contributed by atoms with Crippen LogP contribution in [0.2, 0.25) is 0 Å². The van der Waals surface area contributed by atoms with E-state index in [2.05, 4.69) is 52.0 Å². The summed E-state index contributed by atoms with van der Waals surface area (Å²) in [5.41, 5.74) is 3.27. The van der Waals surface area contributed by atoms with E-state index >= 15 is 0 Å². The van der Waals surface area contributed by atoms with Crippen LogP contribution in [0.15, 0.2) is 91.0 Å². The van der Waals surface area contributed by atoms with E-state index in [1.54, 1.807) is 0 Å². The van der Waals surface area contributed by atoms with Crippen molar-refractivity contribution in [2.75, 3.05) is 0 Å². The Morgan fingerprint density at radius 2 is 1.00 bits per heavy atom. The fraction of sp³-hybridized carbons (Fsp3) is 0.0476. The van der Waals surface area contributed by atoms with Gasteiger partial charge in [-0.15, -0.1) is 0 Å². The standard InChI is InChI=1S/C21H15Br/c22-21(19-12-6-2-7-13-19,20-14-8-3-9-15-20)17-16-18-10-4-1-5-11-18/h1-15H. The zero-order chi connectivity index (χ0) is 15.3. The molecule has 0 aliphatic rings. The molecular formula is C21H15Br. The van der Waals surface area contributed by atoms with Crippen LogP contribution in [0.4, 0.5) is 0 Å². The van der Waals surface area contributed by atoms with Crippen molar-refractivity contribution in [3.63, 3.8) is 0 Å². The molecule has 0 heterocycles. The van der Waals surface area contributed by atoms with Crippen molar-refractivity contribution in [1.82, 2.24) is 0 Å². The van der Waals surface area contributed by atoms with Gasteiger partial charge in [-0.2, -0.15) is 0 Å². The Bertz CT molecular complexity index is 741. The molecule has 3 aromatic rings. The van der Waals surface area contributed by atoms with E-state index < -0.39 is 4.32 Å². The molecule has 0 aromatic heterocycles. The molecule has 3 rings (SSSR count). The van der Waals surface area contributed by atoms with Crippen LogP contribution >= 0.6 is 15.9 Å². The van der Waals surface area contributed by atoms with Gasteiger partial charge >= 0.3 is 0 Å². The lowest BCUT2D eigenvalue weighted by atomic mass is 9.91. The third-order valence-corrected chi connectivity index (χ3v) is 4.61. The second kappa shape index (κ2) is 6.64. The lowest BCUT2D eigenvalue weighted by Crippen LogP contribution is -2.17. The highest BCUT2D eigenvalue weighted by Crippen LogP contribution is 2.38. The van der Waals surface area contributed by atoms with Gasteiger partial charge in [0.05, 0.1) is 0 Å². The Balaban J connectivity index is 2.11. The Labute approximate surface area is 140 Å². The van der Waals surface area contributed by atoms with Gasteiger partial charge in [-0.25, -0.2) is 0 Å². The van der Waals surface area contributed by atoms with Gasteiger partial charge in [0.15, 0.2) is 0 Å². The highest BCUT2D eigenvalue weighted by atomic mass is 79.9. The number of alkyl halides is 1. The van der Waals surface area contributed by atoms with Crippen molar-refractivity contribution in [3.8, 4) is 11.8 Å². The summed E-state index contributed by atoms with van der Waals surface area (Å²) < 4.78 is -0.509. The largest absolute Gasteiger partial charge is 0.136 e. The zero-order valence-corrected chi connectivity index (χ0v) is 13.6. The molecule has 0 bridgehead atoms. The van der Waals surface area contributed by atoms with Crippen molar-refractivity contribution in [2.45, 2.75) is 4.32 Å². The van der Waals surface area contributed by atoms with Gasteiger partial charge in [-0.3, -0.25) is 0 Å². The molecule has 106 valence electrons. The number of hydrogen-bond acceptors (Lipinski definition) is 0. The Kier molecular flexibility index (Phi) is 4.42. The summed E-state index contributed by atoms with van der Waals surface area (Å²) in [4.78, 5) is 0. The van der Waals surface area contributed by atoms with Crippen molar-refractivity contribution >= 4 is 15.9 Å². The fourth-order valence-electron chi connectivity index (χ4n) is 2.33. The van der Waals surface area contributed by atoms with E-state index in [0.717, 1.165) is 16.7 Å². The van der Waals surface area contributed by atoms with E-state index in [1.807, 2.05) is 66.7 Å². The third kappa shape index (κ3) is 3.13. The Morgan fingerprint density at radius 3 is 1.45 bits per heavy atom. The molecule has 0 unspecified atom stereocenters. The third-order valence-electron chi connectivity index (χ3n) is 3.50. The monoisotopic (exact) mass is 346 g/mol. The molecule has 0 nitrogen and oxygen atoms in total. The summed E-state index contributed by atoms with van der Waals surface area (Å²) >= 11 is 3.89. The number of halogens is 1. The molecule has 0 saturated heterocycles. The van der Waals surface area contributed by atoms with Crippen LogP contribution in [-0.4, -0.2) is 0 Å². The highest BCUT2D eigenvalue weighted by Gasteiger charge is 2.28. The van der Waals surface area contributed by atoms with E-state index in [9.17, 15) is 0 Å². The lowest BCUT2D eigenvalue weighted by Gasteiger charge is -2.23. The minimum Gasteiger partial charge on any atom is -0.0696 e. The first-order chi connectivity index (χ1) is 10.8. The van der Waals surface area contributed by atoms with Gasteiger partial charge in [0.25, 0.3) is 0 Å². The molecule has 0 N–H and O–H groups in total. The van der Waals surface area contributed by atoms with Crippen LogP contribution in [-0.2, 0) is 4.32 Å². The minimum absolute atomic E-state index is 0.509. The fourth-order valence-corrected chi connectivity index (χ4v) is 2.95. The summed E-state index contributed by atoms with van der Waals surface area (Å²) in [5.74, 6) is 6.70. The zero-order valence-electron chi connectivity index (χ0n) is 12.0. The lowest BCUT2D eigenvalue weighted by molar-refractivity contribution is 0.999. The molecule has 0 atom stereocenters. The Morgan fingerprint density at radius 1 is 0.591 bits per heavy atom. The molecule has 0 fully saturated rings. The van der Waals surface area contributed by atoms with Crippen molar-refractivity contribution < 1.29 is 0 Å². The second-order valence-electron chi connectivity index (χ2n) is 5.01. The van der Waals surface area contributed by atoms with Gasteiger partial charge in [0, 0.05) is 5.56 Å². The van der Waals surface area contributed by atoms with Crippen molar-refractivity contribution in [2.24, 2.45) is 0 Å². The second-order valence-corrected chi connectivity index (χ2v) is 6.20. The number of benzene rings is 3. The Hall–Kier alpha value is -2.30. The van der Waals surface area contributed by atoms with E-state index in [1.165, 1.54) is 0 Å². The molecule has 0 aliphatic carbocycles. The minimum atomic E-state index is -0.509. The topological polar surface area (TPSA) is 0 Å². The molecule has 0 radical (unpaired) electrons. The van der Waals surface area contributed by atoms with Crippen LogP contribution in [0.3, 0.4) is 0 Å². The van der Waals surface area contributed by atoms with Gasteiger partial charge < -0.3 is 0 Å². The maximum absolute atomic E-state index is 3.89. The molecule has 0 saturated carbocycles. The van der Waals surface area contributed by atoms with E-state index in [0.29, 0.717) is 0 Å². The molecular weight excluding hydrogens is 332 g/mol. The molecule has 22 heavy (non-hydrogen) atoms. The summed E-state index contributed by atoms with van der Waals surface area (Å²) in [7, 11) is 0. The van der Waals surface area contributed by atoms with Gasteiger partial charge in [0.1, 0.15) is 4.32 Å². The van der Waals surface area contributed by atoms with E-state index in [4.69, 9.17) is 0 Å².